The third-order valence-corrected chi connectivity index (χ3v) is 5.62. The molecule has 0 unspecified atom stereocenters. The van der Waals surface area contributed by atoms with Gasteiger partial charge in [0.15, 0.2) is 11.6 Å². The Hall–Kier alpha value is -4.74. The third kappa shape index (κ3) is 7.63. The van der Waals surface area contributed by atoms with Gasteiger partial charge in [0.2, 0.25) is 0 Å². The second kappa shape index (κ2) is 13.5. The van der Waals surface area contributed by atoms with Crippen molar-refractivity contribution in [2.75, 3.05) is 13.2 Å². The Morgan fingerprint density at radius 2 is 0.947 bits per heavy atom. The van der Waals surface area contributed by atoms with Crippen molar-refractivity contribution in [1.29, 1.82) is 0 Å². The molecule has 4 aromatic rings. The van der Waals surface area contributed by atoms with Crippen LogP contribution in [-0.2, 0) is 0 Å². The van der Waals surface area contributed by atoms with E-state index < -0.39 is 6.10 Å². The highest BCUT2D eigenvalue weighted by atomic mass is 16.5. The quantitative estimate of drug-likeness (QED) is 0.181. The number of ether oxygens (including phenoxy) is 2. The van der Waals surface area contributed by atoms with E-state index in [1.54, 1.807) is 60.7 Å². The normalized spacial score (nSPS) is 11.2. The molecule has 0 bridgehead atoms. The van der Waals surface area contributed by atoms with Gasteiger partial charge in [0, 0.05) is 0 Å². The first-order valence-electron chi connectivity index (χ1n) is 12.3. The average Bonchev–Trinajstić information content (AvgIpc) is 2.98. The first-order valence-corrected chi connectivity index (χ1v) is 12.3. The van der Waals surface area contributed by atoms with Crippen molar-refractivity contribution in [2.24, 2.45) is 0 Å². The first kappa shape index (κ1) is 26.3. The van der Waals surface area contributed by atoms with E-state index in [0.717, 1.165) is 11.1 Å². The van der Waals surface area contributed by atoms with Gasteiger partial charge in [-0.25, -0.2) is 0 Å². The lowest BCUT2D eigenvalue weighted by molar-refractivity contribution is 0.0616. The second-order valence-electron chi connectivity index (χ2n) is 8.48. The predicted octanol–water partition coefficient (Wildman–Crippen LogP) is 6.30. The highest BCUT2D eigenvalue weighted by Gasteiger charge is 2.14. The van der Waals surface area contributed by atoms with Crippen LogP contribution in [0.15, 0.2) is 121 Å². The molecular formula is C33H28O5. The van der Waals surface area contributed by atoms with Crippen molar-refractivity contribution in [2.45, 2.75) is 6.10 Å². The number of carbonyl (C=O) groups excluding carboxylic acids is 2. The molecule has 4 aromatic carbocycles. The van der Waals surface area contributed by atoms with E-state index in [0.29, 0.717) is 22.6 Å². The van der Waals surface area contributed by atoms with E-state index in [4.69, 9.17) is 9.47 Å². The summed E-state index contributed by atoms with van der Waals surface area (Å²) in [6.45, 7) is -0.173. The number of carbonyl (C=O) groups is 2. The molecule has 0 aliphatic rings. The molecule has 0 saturated heterocycles. The van der Waals surface area contributed by atoms with Crippen LogP contribution in [0.5, 0.6) is 11.5 Å². The number of rotatable bonds is 12. The van der Waals surface area contributed by atoms with Crippen LogP contribution in [0.25, 0.3) is 12.2 Å². The minimum absolute atomic E-state index is 0.0866. The van der Waals surface area contributed by atoms with E-state index in [2.05, 4.69) is 0 Å². The number of aliphatic hydroxyl groups is 1. The number of ketones is 2. The highest BCUT2D eigenvalue weighted by Crippen LogP contribution is 2.22. The molecule has 5 heteroatoms. The van der Waals surface area contributed by atoms with Crippen LogP contribution in [0.2, 0.25) is 0 Å². The van der Waals surface area contributed by atoms with Crippen LogP contribution < -0.4 is 9.47 Å². The summed E-state index contributed by atoms with van der Waals surface area (Å²) in [5.41, 5.74) is 2.63. The summed E-state index contributed by atoms with van der Waals surface area (Å²) >= 11 is 0. The van der Waals surface area contributed by atoms with Crippen LogP contribution in [-0.4, -0.2) is 36.0 Å². The molecule has 1 N–H and O–H groups in total. The monoisotopic (exact) mass is 504 g/mol. The maximum atomic E-state index is 12.7. The Kier molecular flexibility index (Phi) is 9.38. The second-order valence-corrected chi connectivity index (χ2v) is 8.48. The largest absolute Gasteiger partial charge is 0.490 e. The molecule has 38 heavy (non-hydrogen) atoms. The van der Waals surface area contributed by atoms with Crippen molar-refractivity contribution in [1.82, 2.24) is 0 Å². The van der Waals surface area contributed by atoms with Crippen molar-refractivity contribution in [3.63, 3.8) is 0 Å². The van der Waals surface area contributed by atoms with E-state index in [-0.39, 0.29) is 24.8 Å². The summed E-state index contributed by atoms with van der Waals surface area (Å²) in [5.74, 6) is 0.337. The number of benzene rings is 4. The lowest BCUT2D eigenvalue weighted by atomic mass is 10.1. The minimum atomic E-state index is -0.985. The van der Waals surface area contributed by atoms with E-state index in [9.17, 15) is 14.7 Å². The summed E-state index contributed by atoms with van der Waals surface area (Å²) in [7, 11) is 0. The molecule has 0 aliphatic heterocycles. The standard InChI is InChI=1S/C33H28O5/c34-27(23-37-32-17-9-7-15-28(32)30(35)21-19-25-11-3-1-4-12-25)24-38-33-18-10-8-16-29(33)31(36)22-20-26-13-5-2-6-14-26/h1-22,27,34H,23-24H2/b21-19+,22-20+. The number of hydrogen-bond acceptors (Lipinski definition) is 5. The van der Waals surface area contributed by atoms with Gasteiger partial charge in [0.05, 0.1) is 11.1 Å². The molecule has 0 fully saturated rings. The van der Waals surface area contributed by atoms with Crippen molar-refractivity contribution in [3.05, 3.63) is 144 Å². The fraction of sp³-hybridized carbons (Fsp3) is 0.0909. The Labute approximate surface area is 222 Å². The fourth-order valence-corrected chi connectivity index (χ4v) is 3.66. The molecule has 0 aliphatic carbocycles. The van der Waals surface area contributed by atoms with Crippen LogP contribution in [0, 0.1) is 0 Å². The molecule has 5 nitrogen and oxygen atoms in total. The zero-order valence-electron chi connectivity index (χ0n) is 20.8. The Bertz CT molecular complexity index is 1300. The van der Waals surface area contributed by atoms with E-state index in [1.165, 1.54) is 12.2 Å². The maximum absolute atomic E-state index is 12.7. The van der Waals surface area contributed by atoms with E-state index >= 15 is 0 Å². The predicted molar refractivity (Wildman–Crippen MR) is 149 cm³/mol. The van der Waals surface area contributed by atoms with Gasteiger partial charge in [-0.2, -0.15) is 0 Å². The zero-order chi connectivity index (χ0) is 26.6. The van der Waals surface area contributed by atoms with Gasteiger partial charge in [-0.1, -0.05) is 97.1 Å². The molecule has 0 amide bonds. The van der Waals surface area contributed by atoms with E-state index in [1.807, 2.05) is 60.7 Å². The van der Waals surface area contributed by atoms with Crippen LogP contribution in [0.1, 0.15) is 31.8 Å². The Morgan fingerprint density at radius 3 is 1.37 bits per heavy atom. The maximum Gasteiger partial charge on any atom is 0.189 e. The number of hydrogen-bond donors (Lipinski definition) is 1. The molecule has 4 rings (SSSR count). The van der Waals surface area contributed by atoms with Crippen LogP contribution >= 0.6 is 0 Å². The number of para-hydroxylation sites is 2. The summed E-state index contributed by atoms with van der Waals surface area (Å²) < 4.78 is 11.5. The molecule has 0 atom stereocenters. The van der Waals surface area contributed by atoms with Crippen LogP contribution in [0.4, 0.5) is 0 Å². The Balaban J connectivity index is 1.34. The SMILES string of the molecule is O=C(/C=C/c1ccccc1)c1ccccc1OCC(O)COc1ccccc1C(=O)/C=C/c1ccccc1. The highest BCUT2D eigenvalue weighted by molar-refractivity contribution is 6.09. The molecule has 0 saturated carbocycles. The smallest absolute Gasteiger partial charge is 0.189 e. The zero-order valence-corrected chi connectivity index (χ0v) is 20.8. The molecule has 0 spiro atoms. The molecule has 0 radical (unpaired) electrons. The van der Waals surface area contributed by atoms with Gasteiger partial charge in [-0.05, 0) is 47.5 Å². The van der Waals surface area contributed by atoms with Gasteiger partial charge in [0.1, 0.15) is 30.8 Å². The molecule has 0 heterocycles. The topological polar surface area (TPSA) is 72.8 Å². The number of aliphatic hydroxyl groups excluding tert-OH is 1. The third-order valence-electron chi connectivity index (χ3n) is 5.62. The summed E-state index contributed by atoms with van der Waals surface area (Å²) in [6.07, 6.45) is 5.50. The van der Waals surface area contributed by atoms with Crippen molar-refractivity contribution >= 4 is 23.7 Å². The molecular weight excluding hydrogens is 476 g/mol. The fourth-order valence-electron chi connectivity index (χ4n) is 3.66. The number of allylic oxidation sites excluding steroid dienone is 2. The summed E-state index contributed by atoms with van der Waals surface area (Å²) in [4.78, 5) is 25.5. The van der Waals surface area contributed by atoms with Crippen LogP contribution in [0.3, 0.4) is 0 Å². The van der Waals surface area contributed by atoms with Gasteiger partial charge < -0.3 is 14.6 Å². The molecule has 190 valence electrons. The van der Waals surface area contributed by atoms with Gasteiger partial charge in [-0.15, -0.1) is 0 Å². The first-order chi connectivity index (χ1) is 18.6. The van der Waals surface area contributed by atoms with Crippen molar-refractivity contribution in [3.8, 4) is 11.5 Å². The average molecular weight is 505 g/mol. The Morgan fingerprint density at radius 1 is 0.579 bits per heavy atom. The minimum Gasteiger partial charge on any atom is -0.490 e. The van der Waals surface area contributed by atoms with Gasteiger partial charge in [0.25, 0.3) is 0 Å². The van der Waals surface area contributed by atoms with Gasteiger partial charge >= 0.3 is 0 Å². The van der Waals surface area contributed by atoms with Crippen molar-refractivity contribution < 1.29 is 24.2 Å². The lowest BCUT2D eigenvalue weighted by Crippen LogP contribution is -2.25. The summed E-state index contributed by atoms with van der Waals surface area (Å²) in [6, 6.07) is 32.9. The summed E-state index contributed by atoms with van der Waals surface area (Å²) in [5, 5.41) is 10.5. The molecule has 0 aromatic heterocycles. The lowest BCUT2D eigenvalue weighted by Gasteiger charge is -2.16. The van der Waals surface area contributed by atoms with Gasteiger partial charge in [-0.3, -0.25) is 9.59 Å².